The number of hydrogen-bond donors (Lipinski definition) is 0. The van der Waals surface area contributed by atoms with Gasteiger partial charge in [0.2, 0.25) is 0 Å². The number of fused-ring (bicyclic) bond motifs is 1. The first-order valence-corrected chi connectivity index (χ1v) is 4.40. The Morgan fingerprint density at radius 1 is 1.29 bits per heavy atom. The van der Waals surface area contributed by atoms with Crippen molar-refractivity contribution in [3.63, 3.8) is 0 Å². The van der Waals surface area contributed by atoms with E-state index >= 15 is 0 Å². The first kappa shape index (κ1) is 8.87. The predicted molar refractivity (Wildman–Crippen MR) is 52.1 cm³/mol. The van der Waals surface area contributed by atoms with Gasteiger partial charge in [0.05, 0.1) is 0 Å². The molecule has 74 valence electrons. The Bertz CT molecular complexity index is 370. The molecule has 0 amide bonds. The number of nitrogens with zero attached hydrogens (tertiary/aromatic N) is 1. The van der Waals surface area contributed by atoms with Gasteiger partial charge < -0.3 is 14.7 Å². The van der Waals surface area contributed by atoms with Gasteiger partial charge in [-0.3, -0.25) is 0 Å². The summed E-state index contributed by atoms with van der Waals surface area (Å²) in [6.45, 7) is 1.14. The standard InChI is InChI=1S/C10H11NO3/c1-11(12)7-8-2-3-9-10(6-8)14-5-4-13-9/h2-3,6-7H,4-5H2,1H3/b11-7-. The molecule has 0 bridgehead atoms. The van der Waals surface area contributed by atoms with E-state index in [1.54, 1.807) is 6.07 Å². The van der Waals surface area contributed by atoms with Gasteiger partial charge >= 0.3 is 0 Å². The SMILES string of the molecule is C/[N+]([O-])=C/c1ccc2c(c1)OCCO2. The summed E-state index contributed by atoms with van der Waals surface area (Å²) in [4.78, 5) is 0. The van der Waals surface area contributed by atoms with E-state index in [1.165, 1.54) is 13.3 Å². The van der Waals surface area contributed by atoms with Gasteiger partial charge in [0.15, 0.2) is 17.7 Å². The highest BCUT2D eigenvalue weighted by atomic mass is 16.6. The lowest BCUT2D eigenvalue weighted by atomic mass is 10.2. The molecule has 4 heteroatoms. The Kier molecular flexibility index (Phi) is 2.26. The van der Waals surface area contributed by atoms with Gasteiger partial charge in [0.1, 0.15) is 20.3 Å². The zero-order chi connectivity index (χ0) is 9.97. The zero-order valence-corrected chi connectivity index (χ0v) is 7.90. The van der Waals surface area contributed by atoms with Crippen LogP contribution in [0.25, 0.3) is 0 Å². The van der Waals surface area contributed by atoms with E-state index in [1.807, 2.05) is 12.1 Å². The third-order valence-corrected chi connectivity index (χ3v) is 1.90. The summed E-state index contributed by atoms with van der Waals surface area (Å²) in [6.07, 6.45) is 1.48. The fourth-order valence-electron chi connectivity index (χ4n) is 1.35. The Morgan fingerprint density at radius 2 is 2.00 bits per heavy atom. The van der Waals surface area contributed by atoms with E-state index in [0.29, 0.717) is 19.0 Å². The van der Waals surface area contributed by atoms with Gasteiger partial charge in [0.25, 0.3) is 0 Å². The van der Waals surface area contributed by atoms with E-state index < -0.39 is 0 Å². The maximum Gasteiger partial charge on any atom is 0.181 e. The quantitative estimate of drug-likeness (QED) is 0.289. The number of hydroxylamine groups is 1. The van der Waals surface area contributed by atoms with Gasteiger partial charge in [-0.15, -0.1) is 0 Å². The van der Waals surface area contributed by atoms with E-state index in [4.69, 9.17) is 9.47 Å². The fraction of sp³-hybridized carbons (Fsp3) is 0.300. The minimum atomic E-state index is 0.559. The predicted octanol–water partition coefficient (Wildman–Crippen LogP) is 1.02. The van der Waals surface area contributed by atoms with Crippen LogP contribution < -0.4 is 9.47 Å². The minimum Gasteiger partial charge on any atom is -0.624 e. The Morgan fingerprint density at radius 3 is 2.71 bits per heavy atom. The van der Waals surface area contributed by atoms with Crippen LogP contribution in [0.2, 0.25) is 0 Å². The molecular formula is C10H11NO3. The maximum absolute atomic E-state index is 10.8. The molecule has 1 aliphatic heterocycles. The molecule has 4 nitrogen and oxygen atoms in total. The van der Waals surface area contributed by atoms with Gasteiger partial charge in [-0.2, -0.15) is 0 Å². The number of hydrogen-bond acceptors (Lipinski definition) is 3. The average Bonchev–Trinajstić information content (AvgIpc) is 2.17. The monoisotopic (exact) mass is 193 g/mol. The summed E-state index contributed by atoms with van der Waals surface area (Å²) in [5, 5.41) is 10.8. The highest BCUT2D eigenvalue weighted by Crippen LogP contribution is 2.30. The molecule has 0 saturated carbocycles. The van der Waals surface area contributed by atoms with Crippen LogP contribution in [0, 0.1) is 5.21 Å². The third-order valence-electron chi connectivity index (χ3n) is 1.90. The smallest absolute Gasteiger partial charge is 0.181 e. The van der Waals surface area contributed by atoms with Gasteiger partial charge in [-0.1, -0.05) is 0 Å². The third kappa shape index (κ3) is 1.79. The normalized spacial score (nSPS) is 15.4. The molecule has 0 saturated heterocycles. The van der Waals surface area contributed by atoms with Crippen molar-refractivity contribution in [2.24, 2.45) is 0 Å². The summed E-state index contributed by atoms with van der Waals surface area (Å²) < 4.78 is 11.5. The summed E-state index contributed by atoms with van der Waals surface area (Å²) in [5.41, 5.74) is 0.812. The Labute approximate surface area is 82.0 Å². The molecular weight excluding hydrogens is 182 g/mol. The van der Waals surface area contributed by atoms with E-state index in [9.17, 15) is 5.21 Å². The number of benzene rings is 1. The minimum absolute atomic E-state index is 0.559. The van der Waals surface area contributed by atoms with Crippen molar-refractivity contribution in [3.8, 4) is 11.5 Å². The van der Waals surface area contributed by atoms with Gasteiger partial charge in [-0.25, -0.2) is 4.74 Å². The summed E-state index contributed by atoms with van der Waals surface area (Å²) in [6, 6.07) is 5.43. The van der Waals surface area contributed by atoms with Crippen LogP contribution in [-0.4, -0.2) is 31.2 Å². The molecule has 0 fully saturated rings. The molecule has 1 heterocycles. The fourth-order valence-corrected chi connectivity index (χ4v) is 1.35. The highest BCUT2D eigenvalue weighted by Gasteiger charge is 2.11. The topological polar surface area (TPSA) is 44.5 Å². The Balaban J connectivity index is 2.34. The van der Waals surface area contributed by atoms with Crippen LogP contribution in [0.3, 0.4) is 0 Å². The van der Waals surface area contributed by atoms with Crippen molar-refractivity contribution in [1.29, 1.82) is 0 Å². The van der Waals surface area contributed by atoms with E-state index in [0.717, 1.165) is 16.1 Å². The molecule has 0 atom stereocenters. The second-order valence-electron chi connectivity index (χ2n) is 3.08. The second kappa shape index (κ2) is 3.57. The second-order valence-corrected chi connectivity index (χ2v) is 3.08. The number of ether oxygens (including phenoxy) is 2. The molecule has 1 aliphatic rings. The molecule has 0 spiro atoms. The lowest BCUT2D eigenvalue weighted by Crippen LogP contribution is -2.15. The van der Waals surface area contributed by atoms with Crippen LogP contribution in [-0.2, 0) is 0 Å². The first-order chi connectivity index (χ1) is 6.75. The van der Waals surface area contributed by atoms with Crippen molar-refractivity contribution in [1.82, 2.24) is 0 Å². The highest BCUT2D eigenvalue weighted by molar-refractivity contribution is 5.77. The van der Waals surface area contributed by atoms with E-state index in [2.05, 4.69) is 0 Å². The molecule has 1 aromatic carbocycles. The van der Waals surface area contributed by atoms with Crippen LogP contribution >= 0.6 is 0 Å². The van der Waals surface area contributed by atoms with Crippen molar-refractivity contribution < 1.29 is 14.2 Å². The van der Waals surface area contributed by atoms with Gasteiger partial charge in [0, 0.05) is 5.56 Å². The molecule has 0 N–H and O–H groups in total. The van der Waals surface area contributed by atoms with Crippen molar-refractivity contribution in [2.45, 2.75) is 0 Å². The first-order valence-electron chi connectivity index (χ1n) is 4.40. The van der Waals surface area contributed by atoms with Crippen LogP contribution in [0.4, 0.5) is 0 Å². The van der Waals surface area contributed by atoms with E-state index in [-0.39, 0.29) is 0 Å². The lowest BCUT2D eigenvalue weighted by molar-refractivity contribution is -0.416. The van der Waals surface area contributed by atoms with Crippen molar-refractivity contribution >= 4 is 6.21 Å². The molecule has 0 radical (unpaired) electrons. The number of rotatable bonds is 1. The molecule has 14 heavy (non-hydrogen) atoms. The van der Waals surface area contributed by atoms with Crippen molar-refractivity contribution in [2.75, 3.05) is 20.3 Å². The van der Waals surface area contributed by atoms with Crippen molar-refractivity contribution in [3.05, 3.63) is 29.0 Å². The molecule has 0 unspecified atom stereocenters. The summed E-state index contributed by atoms with van der Waals surface area (Å²) >= 11 is 0. The average molecular weight is 193 g/mol. The molecule has 2 rings (SSSR count). The summed E-state index contributed by atoms with van der Waals surface area (Å²) in [7, 11) is 1.44. The largest absolute Gasteiger partial charge is 0.624 e. The van der Waals surface area contributed by atoms with Gasteiger partial charge in [-0.05, 0) is 18.2 Å². The maximum atomic E-state index is 10.8. The summed E-state index contributed by atoms with van der Waals surface area (Å²) in [5.74, 6) is 1.44. The molecule has 0 aromatic heterocycles. The molecule has 1 aromatic rings. The van der Waals surface area contributed by atoms with Crippen LogP contribution in [0.1, 0.15) is 5.56 Å². The zero-order valence-electron chi connectivity index (χ0n) is 7.90. The Hall–Kier alpha value is -1.71. The van der Waals surface area contributed by atoms with Crippen LogP contribution in [0.5, 0.6) is 11.5 Å². The molecule has 0 aliphatic carbocycles. The van der Waals surface area contributed by atoms with Crippen LogP contribution in [0.15, 0.2) is 18.2 Å². The lowest BCUT2D eigenvalue weighted by Gasteiger charge is -2.17.